The monoisotopic (exact) mass is 322 g/mol. The van der Waals surface area contributed by atoms with Crippen LogP contribution in [0, 0.1) is 29.6 Å². The summed E-state index contributed by atoms with van der Waals surface area (Å²) in [5.74, 6) is 5.96. The molecular formula is C21H26N2O. The number of hydrogen-bond acceptors (Lipinski definition) is 3. The molecule has 4 fully saturated rings. The number of hydrogen-bond donors (Lipinski definition) is 1. The van der Waals surface area contributed by atoms with Crippen LogP contribution >= 0.6 is 0 Å². The first-order chi connectivity index (χ1) is 11.8. The van der Waals surface area contributed by atoms with Gasteiger partial charge in [-0.25, -0.2) is 4.98 Å². The van der Waals surface area contributed by atoms with Gasteiger partial charge in [0.05, 0.1) is 6.20 Å². The van der Waals surface area contributed by atoms with Gasteiger partial charge in [0.2, 0.25) is 0 Å². The number of nitrogens with zero attached hydrogens (tertiary/aromatic N) is 1. The molecule has 3 heteroatoms. The van der Waals surface area contributed by atoms with Gasteiger partial charge in [0.15, 0.2) is 12.2 Å². The van der Waals surface area contributed by atoms with Gasteiger partial charge in [0, 0.05) is 12.1 Å². The average Bonchev–Trinajstić information content (AvgIpc) is 3.12. The predicted octanol–water partition coefficient (Wildman–Crippen LogP) is 4.50. The van der Waals surface area contributed by atoms with E-state index >= 15 is 0 Å². The maximum Gasteiger partial charge on any atom is 0.181 e. The summed E-state index contributed by atoms with van der Waals surface area (Å²) in [6.45, 7) is 2.18. The van der Waals surface area contributed by atoms with E-state index in [1.54, 1.807) is 12.6 Å². The fourth-order valence-electron chi connectivity index (χ4n) is 5.90. The zero-order valence-corrected chi connectivity index (χ0v) is 14.2. The van der Waals surface area contributed by atoms with Crippen molar-refractivity contribution in [2.24, 2.45) is 29.6 Å². The van der Waals surface area contributed by atoms with Crippen LogP contribution in [0.5, 0.6) is 0 Å². The molecule has 1 aromatic heterocycles. The minimum Gasteiger partial charge on any atom is -0.444 e. The Labute approximate surface area is 143 Å². The Morgan fingerprint density at radius 2 is 1.67 bits per heavy atom. The van der Waals surface area contributed by atoms with Gasteiger partial charge in [-0.3, -0.25) is 0 Å². The van der Waals surface area contributed by atoms with Crippen LogP contribution in [0.25, 0.3) is 11.3 Å². The highest BCUT2D eigenvalue weighted by Crippen LogP contribution is 2.56. The van der Waals surface area contributed by atoms with Crippen molar-refractivity contribution in [1.82, 2.24) is 10.3 Å². The van der Waals surface area contributed by atoms with Crippen LogP contribution in [-0.2, 0) is 6.54 Å². The molecule has 4 saturated carbocycles. The highest BCUT2D eigenvalue weighted by molar-refractivity contribution is 5.56. The molecule has 1 heterocycles. The Morgan fingerprint density at radius 3 is 2.29 bits per heavy atom. The van der Waals surface area contributed by atoms with Crippen LogP contribution in [-0.4, -0.2) is 11.5 Å². The first kappa shape index (κ1) is 14.7. The normalized spacial score (nSPS) is 33.9. The number of rotatable bonds is 5. The third-order valence-electron chi connectivity index (χ3n) is 6.80. The fraction of sp³-hybridized carbons (Fsp3) is 0.571. The van der Waals surface area contributed by atoms with Crippen molar-refractivity contribution >= 4 is 0 Å². The lowest BCUT2D eigenvalue weighted by atomic mass is 9.52. The van der Waals surface area contributed by atoms with Crippen molar-refractivity contribution in [3.8, 4) is 11.3 Å². The second-order valence-electron chi connectivity index (χ2n) is 8.29. The molecule has 6 rings (SSSR count). The summed E-state index contributed by atoms with van der Waals surface area (Å²) in [6.07, 6.45) is 10.9. The maximum atomic E-state index is 5.35. The average molecular weight is 322 g/mol. The van der Waals surface area contributed by atoms with Gasteiger partial charge in [0.1, 0.15) is 0 Å². The number of benzene rings is 1. The molecule has 24 heavy (non-hydrogen) atoms. The smallest absolute Gasteiger partial charge is 0.181 e. The van der Waals surface area contributed by atoms with Crippen molar-refractivity contribution in [2.45, 2.75) is 38.6 Å². The summed E-state index contributed by atoms with van der Waals surface area (Å²) >= 11 is 0. The second kappa shape index (κ2) is 6.03. The molecule has 0 atom stereocenters. The van der Waals surface area contributed by atoms with E-state index in [1.165, 1.54) is 44.2 Å². The van der Waals surface area contributed by atoms with Crippen molar-refractivity contribution in [1.29, 1.82) is 0 Å². The van der Waals surface area contributed by atoms with E-state index in [0.29, 0.717) is 0 Å². The van der Waals surface area contributed by atoms with Gasteiger partial charge in [-0.1, -0.05) is 24.3 Å². The van der Waals surface area contributed by atoms with Crippen molar-refractivity contribution < 1.29 is 4.42 Å². The van der Waals surface area contributed by atoms with E-state index in [-0.39, 0.29) is 0 Å². The predicted molar refractivity (Wildman–Crippen MR) is 94.2 cm³/mol. The van der Waals surface area contributed by atoms with Crippen molar-refractivity contribution in [3.05, 3.63) is 42.4 Å². The fourth-order valence-corrected chi connectivity index (χ4v) is 5.90. The zero-order valence-electron chi connectivity index (χ0n) is 14.2. The van der Waals surface area contributed by atoms with Crippen LogP contribution in [0.3, 0.4) is 0 Å². The van der Waals surface area contributed by atoms with E-state index in [0.717, 1.165) is 47.5 Å². The van der Waals surface area contributed by atoms with E-state index < -0.39 is 0 Å². The highest BCUT2D eigenvalue weighted by atomic mass is 16.3. The van der Waals surface area contributed by atoms with Gasteiger partial charge < -0.3 is 9.73 Å². The zero-order chi connectivity index (χ0) is 15.9. The standard InChI is InChI=1S/C21H26N2O/c1-3-17(21-12-23-13-24-21)4-2-14(1)10-22-11-20-18-6-15-5-16(8-18)9-19(20)7-15/h1-4,12-13,15-16,18-20,22H,5-11H2. The molecule has 0 radical (unpaired) electrons. The molecule has 4 aliphatic rings. The summed E-state index contributed by atoms with van der Waals surface area (Å²) in [6, 6.07) is 8.64. The molecule has 2 aromatic rings. The molecule has 3 nitrogen and oxygen atoms in total. The molecule has 0 amide bonds. The molecule has 0 unspecified atom stereocenters. The first-order valence-electron chi connectivity index (χ1n) is 9.53. The lowest BCUT2D eigenvalue weighted by molar-refractivity contribution is -0.0355. The van der Waals surface area contributed by atoms with Gasteiger partial charge in [-0.2, -0.15) is 0 Å². The summed E-state index contributed by atoms with van der Waals surface area (Å²) in [5, 5.41) is 3.75. The largest absolute Gasteiger partial charge is 0.444 e. The van der Waals surface area contributed by atoms with Crippen LogP contribution in [0.1, 0.15) is 37.7 Å². The van der Waals surface area contributed by atoms with Gasteiger partial charge in [-0.05, 0) is 73.8 Å². The number of aromatic nitrogens is 1. The summed E-state index contributed by atoms with van der Waals surface area (Å²) < 4.78 is 5.35. The quantitative estimate of drug-likeness (QED) is 0.880. The Hall–Kier alpha value is -1.61. The highest BCUT2D eigenvalue weighted by Gasteiger charge is 2.47. The molecule has 126 valence electrons. The number of nitrogens with one attached hydrogen (secondary N) is 1. The number of oxazole rings is 1. The SMILES string of the molecule is c1ncc(-c2ccc(CNCC3C4CC5CC(C4)CC3C5)cc2)o1. The molecule has 1 aromatic carbocycles. The van der Waals surface area contributed by atoms with Gasteiger partial charge >= 0.3 is 0 Å². The molecule has 0 saturated heterocycles. The molecule has 0 spiro atoms. The van der Waals surface area contributed by atoms with E-state index in [9.17, 15) is 0 Å². The summed E-state index contributed by atoms with van der Waals surface area (Å²) in [4.78, 5) is 3.98. The third-order valence-corrected chi connectivity index (χ3v) is 6.80. The lowest BCUT2D eigenvalue weighted by Crippen LogP contribution is -2.48. The van der Waals surface area contributed by atoms with Gasteiger partial charge in [0.25, 0.3) is 0 Å². The minimum atomic E-state index is 0.836. The molecule has 4 bridgehead atoms. The second-order valence-corrected chi connectivity index (χ2v) is 8.29. The van der Waals surface area contributed by atoms with Crippen LogP contribution in [0.2, 0.25) is 0 Å². The molecule has 1 N–H and O–H groups in total. The van der Waals surface area contributed by atoms with Crippen LogP contribution in [0.15, 0.2) is 41.3 Å². The first-order valence-corrected chi connectivity index (χ1v) is 9.53. The summed E-state index contributed by atoms with van der Waals surface area (Å²) in [7, 11) is 0. The molecular weight excluding hydrogens is 296 g/mol. The Morgan fingerprint density at radius 1 is 0.958 bits per heavy atom. The van der Waals surface area contributed by atoms with Crippen molar-refractivity contribution in [3.63, 3.8) is 0 Å². The topological polar surface area (TPSA) is 38.1 Å². The lowest BCUT2D eigenvalue weighted by Gasteiger charge is -2.54. The minimum absolute atomic E-state index is 0.836. The maximum absolute atomic E-state index is 5.35. The molecule has 4 aliphatic carbocycles. The van der Waals surface area contributed by atoms with E-state index in [4.69, 9.17) is 4.42 Å². The Balaban J connectivity index is 1.17. The Bertz CT molecular complexity index is 648. The Kier molecular flexibility index (Phi) is 3.70. The van der Waals surface area contributed by atoms with Gasteiger partial charge in [-0.15, -0.1) is 0 Å². The van der Waals surface area contributed by atoms with E-state index in [2.05, 4.69) is 34.6 Å². The van der Waals surface area contributed by atoms with E-state index in [1.807, 2.05) is 0 Å². The van der Waals surface area contributed by atoms with Crippen LogP contribution in [0.4, 0.5) is 0 Å². The van der Waals surface area contributed by atoms with Crippen LogP contribution < -0.4 is 5.32 Å². The third kappa shape index (κ3) is 2.69. The summed E-state index contributed by atoms with van der Waals surface area (Å²) in [5.41, 5.74) is 2.44. The molecule has 0 aliphatic heterocycles. The van der Waals surface area contributed by atoms with Crippen molar-refractivity contribution in [2.75, 3.05) is 6.54 Å².